The summed E-state index contributed by atoms with van der Waals surface area (Å²) < 4.78 is 1.00. The SMILES string of the molecule is N/N=C/c1nnc2ccc(Br)cc2c1-c1cccs1. The largest absolute Gasteiger partial charge is 0.323 e. The molecule has 2 heterocycles. The Morgan fingerprint density at radius 3 is 2.89 bits per heavy atom. The Morgan fingerprint density at radius 2 is 2.16 bits per heavy atom. The third-order valence-electron chi connectivity index (χ3n) is 2.71. The second kappa shape index (κ2) is 5.07. The van der Waals surface area contributed by atoms with Gasteiger partial charge in [0.05, 0.1) is 11.7 Å². The number of halogens is 1. The van der Waals surface area contributed by atoms with Crippen molar-refractivity contribution in [2.45, 2.75) is 0 Å². The molecule has 0 aliphatic carbocycles. The molecule has 0 aliphatic rings. The predicted octanol–water partition coefficient (Wildman–Crippen LogP) is 3.41. The molecule has 0 saturated heterocycles. The molecule has 3 aromatic rings. The number of fused-ring (bicyclic) bond motifs is 1. The highest BCUT2D eigenvalue weighted by Gasteiger charge is 2.12. The monoisotopic (exact) mass is 332 g/mol. The summed E-state index contributed by atoms with van der Waals surface area (Å²) in [5, 5.41) is 15.0. The van der Waals surface area contributed by atoms with Gasteiger partial charge in [-0.3, -0.25) is 0 Å². The summed E-state index contributed by atoms with van der Waals surface area (Å²) in [5.41, 5.74) is 2.53. The first-order chi connectivity index (χ1) is 9.29. The van der Waals surface area contributed by atoms with Gasteiger partial charge in [0, 0.05) is 20.3 Å². The van der Waals surface area contributed by atoms with Gasteiger partial charge in [-0.25, -0.2) is 0 Å². The Hall–Kier alpha value is -1.79. The van der Waals surface area contributed by atoms with E-state index in [4.69, 9.17) is 5.84 Å². The number of nitrogens with two attached hydrogens (primary N) is 1. The van der Waals surface area contributed by atoms with Gasteiger partial charge in [-0.05, 0) is 29.6 Å². The molecule has 0 spiro atoms. The van der Waals surface area contributed by atoms with Crippen LogP contribution >= 0.6 is 27.3 Å². The number of nitrogens with zero attached hydrogens (tertiary/aromatic N) is 3. The van der Waals surface area contributed by atoms with Crippen molar-refractivity contribution < 1.29 is 0 Å². The maximum atomic E-state index is 5.25. The molecule has 6 heteroatoms. The van der Waals surface area contributed by atoms with Crippen LogP contribution in [0.4, 0.5) is 0 Å². The van der Waals surface area contributed by atoms with Crippen LogP contribution in [-0.4, -0.2) is 16.4 Å². The number of rotatable bonds is 2. The molecule has 0 aliphatic heterocycles. The highest BCUT2D eigenvalue weighted by molar-refractivity contribution is 9.10. The molecule has 0 saturated carbocycles. The van der Waals surface area contributed by atoms with E-state index < -0.39 is 0 Å². The second-order valence-corrected chi connectivity index (χ2v) is 5.74. The van der Waals surface area contributed by atoms with Crippen LogP contribution in [0.2, 0.25) is 0 Å². The molecule has 19 heavy (non-hydrogen) atoms. The van der Waals surface area contributed by atoms with Crippen molar-refractivity contribution >= 4 is 44.4 Å². The van der Waals surface area contributed by atoms with Gasteiger partial charge in [-0.15, -0.1) is 21.5 Å². The van der Waals surface area contributed by atoms with Crippen LogP contribution in [0.25, 0.3) is 21.3 Å². The summed E-state index contributed by atoms with van der Waals surface area (Å²) in [6.07, 6.45) is 1.53. The van der Waals surface area contributed by atoms with E-state index in [-0.39, 0.29) is 0 Å². The van der Waals surface area contributed by atoms with Gasteiger partial charge in [-0.1, -0.05) is 22.0 Å². The van der Waals surface area contributed by atoms with Crippen LogP contribution in [0.1, 0.15) is 5.69 Å². The van der Waals surface area contributed by atoms with Crippen molar-refractivity contribution in [3.63, 3.8) is 0 Å². The minimum absolute atomic E-state index is 0.676. The summed E-state index contributed by atoms with van der Waals surface area (Å²) in [4.78, 5) is 1.12. The zero-order valence-electron chi connectivity index (χ0n) is 9.75. The fourth-order valence-corrected chi connectivity index (χ4v) is 3.09. The first kappa shape index (κ1) is 12.3. The summed E-state index contributed by atoms with van der Waals surface area (Å²) >= 11 is 5.14. The summed E-state index contributed by atoms with van der Waals surface area (Å²) in [6.45, 7) is 0. The van der Waals surface area contributed by atoms with E-state index in [9.17, 15) is 0 Å². The third-order valence-corrected chi connectivity index (χ3v) is 4.09. The molecule has 0 fully saturated rings. The molecule has 0 radical (unpaired) electrons. The van der Waals surface area contributed by atoms with E-state index in [1.807, 2.05) is 29.6 Å². The molecule has 0 unspecified atom stereocenters. The van der Waals surface area contributed by atoms with Gasteiger partial charge in [-0.2, -0.15) is 5.10 Å². The van der Waals surface area contributed by atoms with Gasteiger partial charge in [0.2, 0.25) is 0 Å². The highest BCUT2D eigenvalue weighted by Crippen LogP contribution is 2.33. The summed E-state index contributed by atoms with van der Waals surface area (Å²) in [7, 11) is 0. The minimum atomic E-state index is 0.676. The predicted molar refractivity (Wildman–Crippen MR) is 82.3 cm³/mol. The first-order valence-corrected chi connectivity index (χ1v) is 7.20. The Morgan fingerprint density at radius 1 is 1.26 bits per heavy atom. The number of hydrazone groups is 1. The number of thiophene rings is 1. The van der Waals surface area contributed by atoms with Crippen LogP contribution in [0.3, 0.4) is 0 Å². The molecule has 1 aromatic carbocycles. The van der Waals surface area contributed by atoms with E-state index >= 15 is 0 Å². The molecular weight excluding hydrogens is 324 g/mol. The molecule has 4 nitrogen and oxygen atoms in total. The average molecular weight is 333 g/mol. The normalized spacial score (nSPS) is 11.4. The van der Waals surface area contributed by atoms with E-state index in [2.05, 4.69) is 37.3 Å². The average Bonchev–Trinajstić information content (AvgIpc) is 2.92. The molecule has 0 amide bonds. The van der Waals surface area contributed by atoms with E-state index in [0.29, 0.717) is 5.69 Å². The Bertz CT molecular complexity index is 753. The van der Waals surface area contributed by atoms with Gasteiger partial charge in [0.1, 0.15) is 5.69 Å². The highest BCUT2D eigenvalue weighted by atomic mass is 79.9. The Balaban J connectivity index is 2.41. The minimum Gasteiger partial charge on any atom is -0.323 e. The first-order valence-electron chi connectivity index (χ1n) is 5.52. The lowest BCUT2D eigenvalue weighted by atomic mass is 10.1. The lowest BCUT2D eigenvalue weighted by Gasteiger charge is -2.07. The fourth-order valence-electron chi connectivity index (χ4n) is 1.93. The topological polar surface area (TPSA) is 64.2 Å². The van der Waals surface area contributed by atoms with Gasteiger partial charge >= 0.3 is 0 Å². The number of aromatic nitrogens is 2. The number of hydrogen-bond donors (Lipinski definition) is 1. The third kappa shape index (κ3) is 2.24. The van der Waals surface area contributed by atoms with Crippen LogP contribution < -0.4 is 5.84 Å². The van der Waals surface area contributed by atoms with E-state index in [1.54, 1.807) is 11.3 Å². The van der Waals surface area contributed by atoms with Crippen molar-refractivity contribution in [2.24, 2.45) is 10.9 Å². The van der Waals surface area contributed by atoms with Gasteiger partial charge < -0.3 is 5.84 Å². The Labute approximate surface area is 122 Å². The number of benzene rings is 1. The molecule has 94 valence electrons. The van der Waals surface area contributed by atoms with Crippen LogP contribution in [0, 0.1) is 0 Å². The van der Waals surface area contributed by atoms with Crippen molar-refractivity contribution in [1.82, 2.24) is 10.2 Å². The molecular formula is C13H9BrN4S. The smallest absolute Gasteiger partial charge is 0.115 e. The van der Waals surface area contributed by atoms with Crippen molar-refractivity contribution in [3.8, 4) is 10.4 Å². The van der Waals surface area contributed by atoms with Crippen molar-refractivity contribution in [1.29, 1.82) is 0 Å². The number of hydrogen-bond acceptors (Lipinski definition) is 5. The molecule has 2 N–H and O–H groups in total. The Kier molecular flexibility index (Phi) is 3.27. The second-order valence-electron chi connectivity index (χ2n) is 3.88. The molecule has 0 atom stereocenters. The van der Waals surface area contributed by atoms with Crippen LogP contribution in [0.15, 0.2) is 45.3 Å². The van der Waals surface area contributed by atoms with Gasteiger partial charge in [0.15, 0.2) is 0 Å². The van der Waals surface area contributed by atoms with Crippen LogP contribution in [0.5, 0.6) is 0 Å². The zero-order valence-corrected chi connectivity index (χ0v) is 12.1. The zero-order chi connectivity index (χ0) is 13.2. The lowest BCUT2D eigenvalue weighted by Crippen LogP contribution is -1.98. The quantitative estimate of drug-likeness (QED) is 0.444. The van der Waals surface area contributed by atoms with Gasteiger partial charge in [0.25, 0.3) is 0 Å². The lowest BCUT2D eigenvalue weighted by molar-refractivity contribution is 1.06. The molecule has 0 bridgehead atoms. The maximum Gasteiger partial charge on any atom is 0.115 e. The summed E-state index contributed by atoms with van der Waals surface area (Å²) in [6, 6.07) is 9.98. The summed E-state index contributed by atoms with van der Waals surface area (Å²) in [5.74, 6) is 5.25. The fraction of sp³-hybridized carbons (Fsp3) is 0. The van der Waals surface area contributed by atoms with Crippen LogP contribution in [-0.2, 0) is 0 Å². The van der Waals surface area contributed by atoms with Crippen molar-refractivity contribution in [3.05, 3.63) is 45.9 Å². The maximum absolute atomic E-state index is 5.25. The van der Waals surface area contributed by atoms with Crippen molar-refractivity contribution in [2.75, 3.05) is 0 Å². The molecule has 3 rings (SSSR count). The standard InChI is InChI=1S/C13H9BrN4S/c14-8-3-4-10-9(6-8)13(12-2-1-5-19-12)11(7-16-15)18-17-10/h1-7H,15H2/b16-7+. The van der Waals surface area contributed by atoms with E-state index in [1.165, 1.54) is 6.21 Å². The van der Waals surface area contributed by atoms with E-state index in [0.717, 1.165) is 25.8 Å². The molecule has 2 aromatic heterocycles.